The summed E-state index contributed by atoms with van der Waals surface area (Å²) in [4.78, 5) is 0. The normalized spacial score (nSPS) is 16.2. The van der Waals surface area contributed by atoms with Crippen molar-refractivity contribution in [1.82, 2.24) is 10.2 Å². The predicted molar refractivity (Wildman–Crippen MR) is 127 cm³/mol. The van der Waals surface area contributed by atoms with Gasteiger partial charge in [-0.1, -0.05) is 0 Å². The molecule has 0 radical (unpaired) electrons. The average molecular weight is 442 g/mol. The number of nitriles is 1. The Morgan fingerprint density at radius 3 is 2.79 bits per heavy atom. The van der Waals surface area contributed by atoms with E-state index in [0.717, 1.165) is 28.8 Å². The summed E-state index contributed by atoms with van der Waals surface area (Å²) in [6, 6.07) is 13.1. The van der Waals surface area contributed by atoms with E-state index in [1.54, 1.807) is 30.5 Å². The van der Waals surface area contributed by atoms with Crippen molar-refractivity contribution in [3.63, 3.8) is 0 Å². The topological polar surface area (TPSA) is 118 Å². The minimum absolute atomic E-state index is 0.234. The van der Waals surface area contributed by atoms with Crippen molar-refractivity contribution in [3.8, 4) is 11.8 Å². The Morgan fingerprint density at radius 2 is 2.09 bits per heavy atom. The summed E-state index contributed by atoms with van der Waals surface area (Å²) in [6.45, 7) is 7.20. The van der Waals surface area contributed by atoms with E-state index in [1.165, 1.54) is 0 Å². The van der Waals surface area contributed by atoms with Crippen LogP contribution in [0.5, 0.6) is 5.75 Å². The standard InChI is InChI=1S/C26H27N5O2/c1-15-13-30-31-16(2)25(15)17(3)33-22-4-5-24(28)23(11-22)26(29)21-9-18(12-27)8-20(10-21)19-6-7-32-14-19/h4-5,8-11,13,17,19,29H,6-7,14,28H2,1-3H3/t17-,19?/m1/s1. The van der Waals surface area contributed by atoms with Gasteiger partial charge < -0.3 is 15.2 Å². The number of hydrogen-bond acceptors (Lipinski definition) is 7. The van der Waals surface area contributed by atoms with Crippen LogP contribution in [0.15, 0.2) is 42.6 Å². The first kappa shape index (κ1) is 22.4. The third-order valence-electron chi connectivity index (χ3n) is 6.06. The van der Waals surface area contributed by atoms with E-state index < -0.39 is 0 Å². The molecule has 0 saturated carbocycles. The fourth-order valence-electron chi connectivity index (χ4n) is 4.36. The fourth-order valence-corrected chi connectivity index (χ4v) is 4.36. The molecule has 4 rings (SSSR count). The Balaban J connectivity index is 1.65. The summed E-state index contributed by atoms with van der Waals surface area (Å²) in [5, 5.41) is 26.5. The lowest BCUT2D eigenvalue weighted by Crippen LogP contribution is -2.11. The number of anilines is 1. The molecule has 3 N–H and O–H groups in total. The van der Waals surface area contributed by atoms with Gasteiger partial charge >= 0.3 is 0 Å². The molecule has 7 nitrogen and oxygen atoms in total. The Bertz CT molecular complexity index is 1220. The summed E-state index contributed by atoms with van der Waals surface area (Å²) in [7, 11) is 0. The van der Waals surface area contributed by atoms with Gasteiger partial charge in [-0.15, -0.1) is 0 Å². The summed E-state index contributed by atoms with van der Waals surface area (Å²) < 4.78 is 11.7. The molecule has 2 aromatic carbocycles. The predicted octanol–water partition coefficient (Wildman–Crippen LogP) is 4.61. The summed E-state index contributed by atoms with van der Waals surface area (Å²) in [6.07, 6.45) is 2.39. The van der Waals surface area contributed by atoms with E-state index in [2.05, 4.69) is 16.3 Å². The van der Waals surface area contributed by atoms with Crippen molar-refractivity contribution >= 4 is 11.4 Å². The summed E-state index contributed by atoms with van der Waals surface area (Å²) in [5.74, 6) is 0.839. The van der Waals surface area contributed by atoms with E-state index in [9.17, 15) is 5.26 Å². The number of nitrogens with one attached hydrogen (secondary N) is 1. The smallest absolute Gasteiger partial charge is 0.123 e. The van der Waals surface area contributed by atoms with Crippen LogP contribution in [0.3, 0.4) is 0 Å². The van der Waals surface area contributed by atoms with Crippen molar-refractivity contribution in [1.29, 1.82) is 10.7 Å². The van der Waals surface area contributed by atoms with Crippen LogP contribution in [0, 0.1) is 30.6 Å². The van der Waals surface area contributed by atoms with Crippen LogP contribution >= 0.6 is 0 Å². The van der Waals surface area contributed by atoms with Gasteiger partial charge in [0.05, 0.1) is 35.8 Å². The lowest BCUT2D eigenvalue weighted by atomic mass is 9.91. The SMILES string of the molecule is Cc1cnnc(C)c1[C@@H](C)Oc1ccc(N)c(C(=N)c2cc(C#N)cc(C3CCOC3)c2)c1. The number of benzene rings is 2. The molecule has 2 atom stereocenters. The molecule has 168 valence electrons. The Labute approximate surface area is 193 Å². The van der Waals surface area contributed by atoms with Crippen molar-refractivity contribution in [2.24, 2.45) is 0 Å². The van der Waals surface area contributed by atoms with Gasteiger partial charge in [0.2, 0.25) is 0 Å². The number of nitrogen functional groups attached to an aromatic ring is 1. The molecule has 0 amide bonds. The van der Waals surface area contributed by atoms with Gasteiger partial charge in [-0.25, -0.2) is 0 Å². The molecule has 33 heavy (non-hydrogen) atoms. The van der Waals surface area contributed by atoms with Gasteiger partial charge in [0.25, 0.3) is 0 Å². The highest BCUT2D eigenvalue weighted by Gasteiger charge is 2.21. The first-order valence-corrected chi connectivity index (χ1v) is 10.9. The van der Waals surface area contributed by atoms with Crippen molar-refractivity contribution < 1.29 is 9.47 Å². The van der Waals surface area contributed by atoms with Gasteiger partial charge in [-0.05, 0) is 74.7 Å². The Hall–Kier alpha value is -3.76. The molecule has 3 aromatic rings. The van der Waals surface area contributed by atoms with Crippen LogP contribution in [0.4, 0.5) is 5.69 Å². The van der Waals surface area contributed by atoms with Gasteiger partial charge in [0.15, 0.2) is 0 Å². The molecule has 0 aliphatic carbocycles. The van der Waals surface area contributed by atoms with Crippen LogP contribution in [-0.4, -0.2) is 29.1 Å². The van der Waals surface area contributed by atoms with Crippen LogP contribution < -0.4 is 10.5 Å². The number of nitrogens with two attached hydrogens (primary N) is 1. The van der Waals surface area contributed by atoms with Gasteiger partial charge in [0.1, 0.15) is 11.9 Å². The number of nitrogens with zero attached hydrogens (tertiary/aromatic N) is 3. The average Bonchev–Trinajstić information content (AvgIpc) is 3.34. The third kappa shape index (κ3) is 4.71. The zero-order chi connectivity index (χ0) is 23.5. The van der Waals surface area contributed by atoms with Gasteiger partial charge in [0, 0.05) is 34.9 Å². The zero-order valence-corrected chi connectivity index (χ0v) is 19.1. The molecule has 0 spiro atoms. The molecule has 1 unspecified atom stereocenters. The first-order valence-electron chi connectivity index (χ1n) is 10.9. The Kier molecular flexibility index (Phi) is 6.38. The minimum Gasteiger partial charge on any atom is -0.486 e. The minimum atomic E-state index is -0.248. The number of aryl methyl sites for hydroxylation is 2. The molecule has 1 saturated heterocycles. The number of hydrogen-bond donors (Lipinski definition) is 2. The van der Waals surface area contributed by atoms with Crippen LogP contribution in [-0.2, 0) is 4.74 Å². The maximum atomic E-state index is 9.53. The highest BCUT2D eigenvalue weighted by molar-refractivity contribution is 6.14. The highest BCUT2D eigenvalue weighted by atomic mass is 16.5. The summed E-state index contributed by atoms with van der Waals surface area (Å²) in [5.41, 5.74) is 12.5. The van der Waals surface area contributed by atoms with Gasteiger partial charge in [-0.2, -0.15) is 15.5 Å². The van der Waals surface area contributed by atoms with E-state index in [1.807, 2.05) is 32.9 Å². The Morgan fingerprint density at radius 1 is 1.27 bits per heavy atom. The van der Waals surface area contributed by atoms with E-state index >= 15 is 0 Å². The second-order valence-corrected chi connectivity index (χ2v) is 8.43. The molecule has 1 aliphatic rings. The van der Waals surface area contributed by atoms with Crippen LogP contribution in [0.25, 0.3) is 0 Å². The largest absolute Gasteiger partial charge is 0.486 e. The molecule has 1 aliphatic heterocycles. The van der Waals surface area contributed by atoms with E-state index in [0.29, 0.717) is 41.3 Å². The van der Waals surface area contributed by atoms with Crippen LogP contribution in [0.1, 0.15) is 64.4 Å². The van der Waals surface area contributed by atoms with E-state index in [-0.39, 0.29) is 17.7 Å². The molecular weight excluding hydrogens is 414 g/mol. The lowest BCUT2D eigenvalue weighted by molar-refractivity contribution is 0.194. The molecule has 1 fully saturated rings. The number of ether oxygens (including phenoxy) is 2. The maximum Gasteiger partial charge on any atom is 0.123 e. The van der Waals surface area contributed by atoms with Crippen molar-refractivity contribution in [2.75, 3.05) is 18.9 Å². The monoisotopic (exact) mass is 441 g/mol. The number of rotatable bonds is 6. The fraction of sp³-hybridized carbons (Fsp3) is 0.308. The lowest BCUT2D eigenvalue weighted by Gasteiger charge is -2.19. The molecule has 0 bridgehead atoms. The highest BCUT2D eigenvalue weighted by Crippen LogP contribution is 2.31. The van der Waals surface area contributed by atoms with Crippen LogP contribution in [0.2, 0.25) is 0 Å². The van der Waals surface area contributed by atoms with Crippen molar-refractivity contribution in [3.05, 3.63) is 81.7 Å². The zero-order valence-electron chi connectivity index (χ0n) is 19.1. The summed E-state index contributed by atoms with van der Waals surface area (Å²) >= 11 is 0. The maximum absolute atomic E-state index is 9.53. The second-order valence-electron chi connectivity index (χ2n) is 8.43. The molecule has 1 aromatic heterocycles. The number of aromatic nitrogens is 2. The van der Waals surface area contributed by atoms with Crippen molar-refractivity contribution in [2.45, 2.75) is 39.2 Å². The first-order chi connectivity index (χ1) is 15.9. The molecule has 2 heterocycles. The second kappa shape index (κ2) is 9.39. The molecule has 7 heteroatoms. The van der Waals surface area contributed by atoms with Gasteiger partial charge in [-0.3, -0.25) is 5.41 Å². The van der Waals surface area contributed by atoms with E-state index in [4.69, 9.17) is 20.6 Å². The molecular formula is C26H27N5O2. The third-order valence-corrected chi connectivity index (χ3v) is 6.06. The quantitative estimate of drug-likeness (QED) is 0.426.